The van der Waals surface area contributed by atoms with Crippen molar-refractivity contribution < 1.29 is 66.9 Å². The molecular weight excluding hydrogens is 1140 g/mol. The molecule has 2 bridgehead atoms. The number of ketones is 1. The monoisotopic (exact) mass is 1220 g/mol. The summed E-state index contributed by atoms with van der Waals surface area (Å²) in [5, 5.41) is 8.56. The van der Waals surface area contributed by atoms with Gasteiger partial charge in [-0.3, -0.25) is 38.4 Å². The van der Waals surface area contributed by atoms with E-state index in [1.54, 1.807) is 74.8 Å². The topological polar surface area (TPSA) is 257 Å². The molecule has 3 aliphatic heterocycles. The molecule has 3 N–H and O–H groups in total. The van der Waals surface area contributed by atoms with Gasteiger partial charge in [-0.2, -0.15) is 0 Å². The number of methoxy groups -OCH3 is 2. The molecule has 7 rings (SSSR count). The SMILES string of the molecule is COc1ccc(CC[C@H]2OC(=O)[C@@H]3CCCCN3C(=O)C(=O)C(C)(C)COC(=O)C=CCCN(C)C(=O)[C@H](CC(C)C)N(C)C(=O)[C@H]3CCCN3C(=O)[C@H](Cc3ccccc3)NC(=O)[C@H](c3ccccc3)NC(=O)CCC(=O)Nc3cccc2c3)cc1OC. The molecule has 476 valence electrons. The maximum absolute atomic E-state index is 15.0. The number of piperidine rings is 1. The largest absolute Gasteiger partial charge is 0.493 e. The first-order valence-electron chi connectivity index (χ1n) is 30.6. The lowest BCUT2D eigenvalue weighted by Gasteiger charge is -2.36. The lowest BCUT2D eigenvalue weighted by atomic mass is 9.87. The molecule has 4 aromatic carbocycles. The number of carbonyl (C=O) groups excluding carboxylic acids is 10. The van der Waals surface area contributed by atoms with Crippen molar-refractivity contribution in [3.8, 4) is 11.5 Å². The zero-order chi connectivity index (χ0) is 64.4. The molecule has 0 radical (unpaired) electrons. The van der Waals surface area contributed by atoms with Gasteiger partial charge in [0.1, 0.15) is 42.9 Å². The number of nitrogens with zero attached hydrogens (tertiary/aromatic N) is 4. The van der Waals surface area contributed by atoms with Crippen LogP contribution in [-0.2, 0) is 70.3 Å². The van der Waals surface area contributed by atoms with Crippen molar-refractivity contribution in [3.63, 3.8) is 0 Å². The maximum Gasteiger partial charge on any atom is 0.330 e. The first-order valence-corrected chi connectivity index (χ1v) is 30.6. The predicted octanol–water partition coefficient (Wildman–Crippen LogP) is 7.03. The van der Waals surface area contributed by atoms with Gasteiger partial charge in [-0.05, 0) is 124 Å². The van der Waals surface area contributed by atoms with E-state index >= 15 is 0 Å². The van der Waals surface area contributed by atoms with Crippen molar-refractivity contribution in [3.05, 3.63) is 138 Å². The molecule has 89 heavy (non-hydrogen) atoms. The second-order valence-electron chi connectivity index (χ2n) is 24.1. The summed E-state index contributed by atoms with van der Waals surface area (Å²) in [6.07, 6.45) is 4.32. The number of likely N-dealkylation sites (N-methyl/N-ethyl adjacent to an activating group) is 2. The van der Waals surface area contributed by atoms with Gasteiger partial charge in [0.05, 0.1) is 19.6 Å². The van der Waals surface area contributed by atoms with E-state index in [2.05, 4.69) is 16.0 Å². The Labute approximate surface area is 521 Å². The highest BCUT2D eigenvalue weighted by Gasteiger charge is 2.44. The van der Waals surface area contributed by atoms with Crippen molar-refractivity contribution in [2.45, 2.75) is 141 Å². The summed E-state index contributed by atoms with van der Waals surface area (Å²) >= 11 is 0. The van der Waals surface area contributed by atoms with Crippen molar-refractivity contribution in [1.29, 1.82) is 0 Å². The highest BCUT2D eigenvalue weighted by atomic mass is 16.5. The number of carbonyl (C=O) groups is 10. The number of hydrogen-bond acceptors (Lipinski definition) is 14. The van der Waals surface area contributed by atoms with Crippen LogP contribution < -0.4 is 25.4 Å². The molecule has 3 heterocycles. The highest BCUT2D eigenvalue weighted by molar-refractivity contribution is 6.38. The Balaban J connectivity index is 1.19. The number of esters is 2. The van der Waals surface area contributed by atoms with Gasteiger partial charge in [0.2, 0.25) is 41.2 Å². The third-order valence-electron chi connectivity index (χ3n) is 16.4. The normalized spacial score (nSPS) is 23.0. The molecule has 0 unspecified atom stereocenters. The van der Waals surface area contributed by atoms with E-state index in [-0.39, 0.29) is 70.0 Å². The Bertz CT molecular complexity index is 3210. The summed E-state index contributed by atoms with van der Waals surface area (Å²) < 4.78 is 22.8. The van der Waals surface area contributed by atoms with Crippen LogP contribution in [-0.4, -0.2) is 157 Å². The lowest BCUT2D eigenvalue weighted by Crippen LogP contribution is -2.58. The number of benzene rings is 4. The molecule has 21 heteroatoms. The minimum atomic E-state index is -1.51. The van der Waals surface area contributed by atoms with Gasteiger partial charge in [-0.1, -0.05) is 98.8 Å². The molecule has 0 aliphatic carbocycles. The summed E-state index contributed by atoms with van der Waals surface area (Å²) in [4.78, 5) is 148. The smallest absolute Gasteiger partial charge is 0.330 e. The fraction of sp³-hybridized carbons (Fsp3) is 0.471. The first-order chi connectivity index (χ1) is 42.6. The van der Waals surface area contributed by atoms with E-state index in [9.17, 15) is 47.9 Å². The van der Waals surface area contributed by atoms with Crippen LogP contribution in [0, 0.1) is 11.3 Å². The van der Waals surface area contributed by atoms with Crippen LogP contribution in [0.1, 0.15) is 126 Å². The third-order valence-corrected chi connectivity index (χ3v) is 16.4. The van der Waals surface area contributed by atoms with Crippen LogP contribution in [0.3, 0.4) is 0 Å². The molecule has 2 saturated heterocycles. The number of fused-ring (bicyclic) bond motifs is 4. The van der Waals surface area contributed by atoms with E-state index < -0.39 is 101 Å². The Hall–Kier alpha value is -8.88. The van der Waals surface area contributed by atoms with Crippen molar-refractivity contribution in [2.24, 2.45) is 11.3 Å². The maximum atomic E-state index is 15.0. The second kappa shape index (κ2) is 31.9. The Morgan fingerprint density at radius 1 is 0.663 bits per heavy atom. The van der Waals surface area contributed by atoms with Crippen molar-refractivity contribution in [1.82, 2.24) is 30.2 Å². The molecule has 2 fully saturated rings. The number of hydrogen-bond donors (Lipinski definition) is 3. The average molecular weight is 1220 g/mol. The fourth-order valence-corrected chi connectivity index (χ4v) is 11.4. The van der Waals surface area contributed by atoms with Crippen molar-refractivity contribution in [2.75, 3.05) is 59.9 Å². The molecule has 0 aromatic heterocycles. The molecule has 3 aliphatic rings. The van der Waals surface area contributed by atoms with Gasteiger partial charge in [0.25, 0.3) is 5.91 Å². The summed E-state index contributed by atoms with van der Waals surface area (Å²) in [6.45, 7) is 6.80. The molecular formula is C68H85N7O14. The second-order valence-corrected chi connectivity index (χ2v) is 24.1. The number of cyclic esters (lactones) is 2. The first kappa shape index (κ1) is 67.6. The average Bonchev–Trinajstić information content (AvgIpc) is 2.05. The zero-order valence-corrected chi connectivity index (χ0v) is 52.3. The van der Waals surface area contributed by atoms with Crippen LogP contribution in [0.5, 0.6) is 11.5 Å². The van der Waals surface area contributed by atoms with Gasteiger partial charge >= 0.3 is 11.9 Å². The number of ether oxygens (including phenoxy) is 4. The number of anilines is 1. The van der Waals surface area contributed by atoms with E-state index in [4.69, 9.17) is 18.9 Å². The molecule has 0 spiro atoms. The van der Waals surface area contributed by atoms with E-state index in [1.165, 1.54) is 59.8 Å². The minimum absolute atomic E-state index is 0.0260. The predicted molar refractivity (Wildman–Crippen MR) is 332 cm³/mol. The fourth-order valence-electron chi connectivity index (χ4n) is 11.4. The molecule has 6 atom stereocenters. The summed E-state index contributed by atoms with van der Waals surface area (Å²) in [5.41, 5.74) is 1.26. The summed E-state index contributed by atoms with van der Waals surface area (Å²) in [5.74, 6) is -5.56. The Morgan fingerprint density at radius 2 is 1.34 bits per heavy atom. The quantitative estimate of drug-likeness (QED) is 0.107. The molecule has 4 aromatic rings. The van der Waals surface area contributed by atoms with Crippen LogP contribution >= 0.6 is 0 Å². The minimum Gasteiger partial charge on any atom is -0.493 e. The summed E-state index contributed by atoms with van der Waals surface area (Å²) in [7, 11) is 6.19. The standard InChI is InChI=1S/C68H85N7O14/c1-44(2)39-53-64(82)72(5)36-17-16-29-59(78)88-43-68(3,4)61(79)66(84)75-37-18-15-27-52(75)67(85)89-54(32-30-46-31-33-55(86-7)56(41-46)87-8)48-25-19-26-49(42-48)69-57(76)34-35-58(77)71-60(47-23-13-10-14-24-47)62(80)70-50(40-45-21-11-9-12-22-45)63(81)74-38-20-28-51(74)65(83)73(53)6/h9-14,16,19,21-26,29,31,33,41-42,44,50-54,60H,15,17-18,20,27-28,30,32,34-40,43H2,1-8H3,(H,69,76)(H,70,80)(H,71,77)/t50-,51+,52-,53-,54+,60-/m0/s1. The van der Waals surface area contributed by atoms with Crippen LogP contribution in [0.4, 0.5) is 5.69 Å². The van der Waals surface area contributed by atoms with Crippen LogP contribution in [0.25, 0.3) is 0 Å². The number of amides is 7. The Kier molecular flexibility index (Phi) is 24.2. The number of nitrogens with one attached hydrogen (secondary N) is 3. The van der Waals surface area contributed by atoms with E-state index in [0.29, 0.717) is 66.8 Å². The zero-order valence-electron chi connectivity index (χ0n) is 52.3. The third kappa shape index (κ3) is 18.4. The van der Waals surface area contributed by atoms with Crippen molar-refractivity contribution >= 4 is 64.8 Å². The van der Waals surface area contributed by atoms with Gasteiger partial charge in [-0.25, -0.2) is 9.59 Å². The van der Waals surface area contributed by atoms with Gasteiger partial charge in [0, 0.05) is 64.8 Å². The van der Waals surface area contributed by atoms with Gasteiger partial charge in [-0.15, -0.1) is 0 Å². The molecule has 7 amide bonds. The van der Waals surface area contributed by atoms with Crippen LogP contribution in [0.2, 0.25) is 0 Å². The number of Topliss-reactive ketones (excluding diaryl/α,β-unsaturated/α-hetero) is 1. The van der Waals surface area contributed by atoms with Gasteiger partial charge < -0.3 is 54.5 Å². The van der Waals surface area contributed by atoms with Crippen LogP contribution in [0.15, 0.2) is 115 Å². The highest BCUT2D eigenvalue weighted by Crippen LogP contribution is 2.33. The van der Waals surface area contributed by atoms with E-state index in [0.717, 1.165) is 11.1 Å². The molecule has 0 saturated carbocycles. The van der Waals surface area contributed by atoms with Gasteiger partial charge in [0.15, 0.2) is 11.5 Å². The Morgan fingerprint density at radius 3 is 2.04 bits per heavy atom. The summed E-state index contributed by atoms with van der Waals surface area (Å²) in [6, 6.07) is 24.1. The molecule has 21 nitrogen and oxygen atoms in total. The van der Waals surface area contributed by atoms with E-state index in [1.807, 2.05) is 56.3 Å². The number of rotatable bonds is 10. The lowest BCUT2D eigenvalue weighted by molar-refractivity contribution is -0.165. The number of aryl methyl sites for hydroxylation is 1.